The third-order valence-electron chi connectivity index (χ3n) is 6.33. The Morgan fingerprint density at radius 3 is 1.46 bits per heavy atom. The number of benzene rings is 4. The van der Waals surface area contributed by atoms with Gasteiger partial charge in [-0.25, -0.2) is 13.3 Å². The Bertz CT molecular complexity index is 1680. The van der Waals surface area contributed by atoms with Crippen LogP contribution in [0.4, 0.5) is 8.78 Å². The van der Waals surface area contributed by atoms with Crippen LogP contribution in [0, 0.1) is 11.6 Å². The number of fused-ring (bicyclic) bond motifs is 4. The molecule has 11 heteroatoms. The highest BCUT2D eigenvalue weighted by atomic mass is 32.2. The van der Waals surface area contributed by atoms with Crippen molar-refractivity contribution in [3.63, 3.8) is 0 Å². The molecule has 2 heterocycles. The molecule has 6 nitrogen and oxygen atoms in total. The monoisotopic (exact) mass is 609 g/mol. The normalized spacial score (nSPS) is 13.7. The van der Waals surface area contributed by atoms with Crippen LogP contribution in [0.25, 0.3) is 23.7 Å². The lowest BCUT2D eigenvalue weighted by molar-refractivity contribution is -0.213. The van der Waals surface area contributed by atoms with Crippen molar-refractivity contribution in [3.05, 3.63) is 107 Å². The fraction of sp³-hybridized carbons (Fsp3) is 0.0667. The molecule has 4 aromatic rings. The highest BCUT2D eigenvalue weighted by molar-refractivity contribution is 8.00. The van der Waals surface area contributed by atoms with Gasteiger partial charge >= 0.3 is 7.82 Å². The molecule has 0 atom stereocenters. The van der Waals surface area contributed by atoms with Crippen molar-refractivity contribution in [3.8, 4) is 11.5 Å². The number of ether oxygens (including phenoxy) is 2. The summed E-state index contributed by atoms with van der Waals surface area (Å²) in [6.07, 6.45) is 2.90. The van der Waals surface area contributed by atoms with Crippen LogP contribution in [-0.2, 0) is 13.6 Å². The Balaban J connectivity index is 1.45. The minimum atomic E-state index is -5.15. The van der Waals surface area contributed by atoms with Crippen LogP contribution < -0.4 is 14.4 Å². The molecule has 0 spiro atoms. The van der Waals surface area contributed by atoms with E-state index in [0.717, 1.165) is 23.5 Å². The molecule has 2 aliphatic heterocycles. The second-order valence-electron chi connectivity index (χ2n) is 8.84. The van der Waals surface area contributed by atoms with E-state index in [0.29, 0.717) is 53.3 Å². The smallest absolute Gasteiger partial charge is 0.372 e. The van der Waals surface area contributed by atoms with E-state index in [1.54, 1.807) is 48.5 Å². The highest BCUT2D eigenvalue weighted by Gasteiger charge is 2.29. The predicted molar refractivity (Wildman–Crippen MR) is 153 cm³/mol. The van der Waals surface area contributed by atoms with Gasteiger partial charge in [-0.15, -0.1) is 0 Å². The number of methoxy groups -OCH3 is 2. The van der Waals surface area contributed by atoms with Crippen molar-refractivity contribution in [2.24, 2.45) is 0 Å². The molecule has 0 unspecified atom stereocenters. The van der Waals surface area contributed by atoms with Gasteiger partial charge in [-0.3, -0.25) is 0 Å². The lowest BCUT2D eigenvalue weighted by atomic mass is 10.1. The van der Waals surface area contributed by atoms with Crippen LogP contribution in [0.1, 0.15) is 22.3 Å². The number of phosphoric ester groups is 1. The van der Waals surface area contributed by atoms with Crippen LogP contribution in [0.3, 0.4) is 0 Å². The van der Waals surface area contributed by atoms with Gasteiger partial charge in [0.15, 0.2) is 0 Å². The van der Waals surface area contributed by atoms with Gasteiger partial charge in [0.1, 0.15) is 34.7 Å². The molecule has 0 radical (unpaired) electrons. The summed E-state index contributed by atoms with van der Waals surface area (Å²) in [5.74, 6) is -0.252. The lowest BCUT2D eigenvalue weighted by Gasteiger charge is -2.27. The largest absolute Gasteiger partial charge is 0.736 e. The first-order valence-electron chi connectivity index (χ1n) is 12.2. The van der Waals surface area contributed by atoms with Gasteiger partial charge in [-0.05, 0) is 59.7 Å². The fourth-order valence-corrected chi connectivity index (χ4v) is 7.61. The van der Waals surface area contributed by atoms with Gasteiger partial charge in [0, 0.05) is 11.1 Å². The van der Waals surface area contributed by atoms with Crippen molar-refractivity contribution in [1.29, 1.82) is 0 Å². The van der Waals surface area contributed by atoms with Gasteiger partial charge in [-0.1, -0.05) is 59.9 Å². The van der Waals surface area contributed by atoms with Gasteiger partial charge in [-0.2, -0.15) is 0 Å². The summed E-state index contributed by atoms with van der Waals surface area (Å²) in [6.45, 7) is 0. The summed E-state index contributed by atoms with van der Waals surface area (Å²) in [6, 6.07) is 19.1. The number of halogens is 2. The van der Waals surface area contributed by atoms with E-state index in [-0.39, 0.29) is 11.5 Å². The minimum absolute atomic E-state index is 0.0741. The van der Waals surface area contributed by atoms with Crippen molar-refractivity contribution in [2.75, 3.05) is 14.2 Å². The third-order valence-corrected chi connectivity index (χ3v) is 9.69. The fourth-order valence-electron chi connectivity index (χ4n) is 4.50. The van der Waals surface area contributed by atoms with Gasteiger partial charge in [0.25, 0.3) is 0 Å². The van der Waals surface area contributed by atoms with Crippen molar-refractivity contribution >= 4 is 55.0 Å². The molecule has 0 fully saturated rings. The quantitative estimate of drug-likeness (QED) is 0.203. The van der Waals surface area contributed by atoms with Crippen LogP contribution in [0.2, 0.25) is 0 Å². The summed E-state index contributed by atoms with van der Waals surface area (Å²) in [5, 5.41) is 0. The summed E-state index contributed by atoms with van der Waals surface area (Å²) in [5.41, 5.74) is 1.61. The van der Waals surface area contributed by atoms with E-state index in [1.165, 1.54) is 50.6 Å². The van der Waals surface area contributed by atoms with Crippen LogP contribution in [0.15, 0.2) is 92.4 Å². The maximum Gasteiger partial charge on any atom is 0.372 e. The lowest BCUT2D eigenvalue weighted by Crippen LogP contribution is -2.08. The number of rotatable bonds is 6. The maximum atomic E-state index is 14.8. The maximum absolute atomic E-state index is 14.8. The molecule has 0 saturated carbocycles. The highest BCUT2D eigenvalue weighted by Crippen LogP contribution is 2.55. The standard InChI is InChI=1S/C30H21F2O6PS2/c1-35-23-13-5-9-19-25(15-17-7-3-11-21(31)27(17)40-29(19)23)37-39(33,34)38-26-16-18-8-4-12-22(32)28(18)41-30-20(26)10-6-14-24(30)36-2/h3-16H,1-2H3,(H,33,34)/p-1. The van der Waals surface area contributed by atoms with Crippen molar-refractivity contribution < 1.29 is 36.8 Å². The molecule has 4 aromatic carbocycles. The Hall–Kier alpha value is -3.69. The molecular formula is C30H20F2O6PS2-. The van der Waals surface area contributed by atoms with Crippen molar-refractivity contribution in [1.82, 2.24) is 0 Å². The van der Waals surface area contributed by atoms with Crippen LogP contribution in [-0.4, -0.2) is 14.2 Å². The molecule has 0 N–H and O–H groups in total. The minimum Gasteiger partial charge on any atom is -0.736 e. The van der Waals surface area contributed by atoms with Gasteiger partial charge in [0.05, 0.1) is 33.8 Å². The Morgan fingerprint density at radius 1 is 0.634 bits per heavy atom. The van der Waals surface area contributed by atoms with Crippen LogP contribution in [0.5, 0.6) is 11.5 Å². The number of phosphoric acid groups is 1. The molecule has 41 heavy (non-hydrogen) atoms. The van der Waals surface area contributed by atoms with Crippen molar-refractivity contribution in [2.45, 2.75) is 19.6 Å². The van der Waals surface area contributed by atoms with E-state index in [9.17, 15) is 18.2 Å². The zero-order chi connectivity index (χ0) is 28.7. The predicted octanol–water partition coefficient (Wildman–Crippen LogP) is 8.11. The topological polar surface area (TPSA) is 77.1 Å². The second kappa shape index (κ2) is 10.9. The third kappa shape index (κ3) is 5.24. The molecule has 0 aromatic heterocycles. The number of hydrogen-bond acceptors (Lipinski definition) is 8. The Morgan fingerprint density at radius 2 is 1.05 bits per heavy atom. The summed E-state index contributed by atoms with van der Waals surface area (Å²) >= 11 is 2.22. The Kier molecular flexibility index (Phi) is 7.34. The summed E-state index contributed by atoms with van der Waals surface area (Å²) in [4.78, 5) is 15.1. The molecule has 6 rings (SSSR count). The zero-order valence-electron chi connectivity index (χ0n) is 21.6. The molecule has 0 amide bonds. The van der Waals surface area contributed by atoms with Crippen LogP contribution >= 0.6 is 31.3 Å². The molecular weight excluding hydrogens is 589 g/mol. The summed E-state index contributed by atoms with van der Waals surface area (Å²) in [7, 11) is -2.21. The molecule has 0 saturated heterocycles. The first-order valence-corrected chi connectivity index (χ1v) is 15.3. The zero-order valence-corrected chi connectivity index (χ0v) is 24.1. The second-order valence-corrected chi connectivity index (χ2v) is 12.1. The molecule has 0 aliphatic carbocycles. The first kappa shape index (κ1) is 27.5. The Labute approximate surface area is 243 Å². The van der Waals surface area contributed by atoms with E-state index < -0.39 is 19.5 Å². The van der Waals surface area contributed by atoms with E-state index in [4.69, 9.17) is 18.5 Å². The average molecular weight is 610 g/mol. The molecule has 0 bridgehead atoms. The number of hydrogen-bond donors (Lipinski definition) is 0. The van der Waals surface area contributed by atoms with Gasteiger partial charge in [0.2, 0.25) is 0 Å². The van der Waals surface area contributed by atoms with E-state index in [1.807, 2.05) is 0 Å². The first-order chi connectivity index (χ1) is 19.8. The van der Waals surface area contributed by atoms with E-state index in [2.05, 4.69) is 0 Å². The summed E-state index contributed by atoms with van der Waals surface area (Å²) < 4.78 is 65.4. The van der Waals surface area contributed by atoms with E-state index >= 15 is 0 Å². The SMILES string of the molecule is COc1cccc2c1Sc1c(F)cccc1C=C2OP(=O)([O-])OC1=Cc2cccc(F)c2Sc2c(OC)cccc21. The molecule has 208 valence electrons. The average Bonchev–Trinajstić information content (AvgIpc) is 3.21. The van der Waals surface area contributed by atoms with Gasteiger partial charge < -0.3 is 23.4 Å². The molecule has 2 aliphatic rings.